The van der Waals surface area contributed by atoms with Crippen LogP contribution in [0.4, 0.5) is 0 Å². The molecule has 4 nitrogen and oxygen atoms in total. The highest BCUT2D eigenvalue weighted by Crippen LogP contribution is 2.20. The Labute approximate surface area is 94.3 Å². The number of carbonyl (C=O) groups is 2. The highest BCUT2D eigenvalue weighted by Gasteiger charge is 2.15. The van der Waals surface area contributed by atoms with E-state index in [1.54, 1.807) is 19.9 Å². The number of nitrogens with one attached hydrogen (secondary N) is 1. The molecule has 1 amide bonds. The second-order valence-corrected chi connectivity index (χ2v) is 3.83. The Morgan fingerprint density at radius 2 is 1.94 bits per heavy atom. The molecule has 1 aromatic carbocycles. The third-order valence-corrected chi connectivity index (χ3v) is 2.28. The predicted molar refractivity (Wildman–Crippen MR) is 60.7 cm³/mol. The van der Waals surface area contributed by atoms with Gasteiger partial charge in [-0.05, 0) is 12.1 Å². The van der Waals surface area contributed by atoms with Gasteiger partial charge < -0.3 is 10.4 Å². The smallest absolute Gasteiger partial charge is 0.254 e. The molecule has 0 fully saturated rings. The molecule has 4 heteroatoms. The maximum Gasteiger partial charge on any atom is 0.254 e. The SMILES string of the molecule is CNC(=O)c1ccc(C(=O)C(C)C)cc1O. The number of benzene rings is 1. The van der Waals surface area contributed by atoms with Gasteiger partial charge in [-0.2, -0.15) is 0 Å². The van der Waals surface area contributed by atoms with Gasteiger partial charge in [0.2, 0.25) is 0 Å². The molecule has 0 aromatic heterocycles. The van der Waals surface area contributed by atoms with Crippen LogP contribution < -0.4 is 5.32 Å². The van der Waals surface area contributed by atoms with E-state index < -0.39 is 0 Å². The number of hydrogen-bond donors (Lipinski definition) is 2. The quantitative estimate of drug-likeness (QED) is 0.762. The molecule has 0 spiro atoms. The Balaban J connectivity index is 3.09. The van der Waals surface area contributed by atoms with E-state index in [1.807, 2.05) is 0 Å². The maximum absolute atomic E-state index is 11.6. The van der Waals surface area contributed by atoms with Gasteiger partial charge in [0, 0.05) is 18.5 Å². The molecule has 0 aliphatic heterocycles. The van der Waals surface area contributed by atoms with Crippen molar-refractivity contribution in [2.24, 2.45) is 5.92 Å². The van der Waals surface area contributed by atoms with E-state index in [-0.39, 0.29) is 28.9 Å². The van der Waals surface area contributed by atoms with Gasteiger partial charge in [-0.3, -0.25) is 9.59 Å². The van der Waals surface area contributed by atoms with E-state index >= 15 is 0 Å². The lowest BCUT2D eigenvalue weighted by molar-refractivity contribution is 0.0933. The van der Waals surface area contributed by atoms with Gasteiger partial charge in [-0.25, -0.2) is 0 Å². The topological polar surface area (TPSA) is 66.4 Å². The van der Waals surface area contributed by atoms with Crippen LogP contribution in [0.3, 0.4) is 0 Å². The molecule has 86 valence electrons. The lowest BCUT2D eigenvalue weighted by Gasteiger charge is -2.07. The van der Waals surface area contributed by atoms with Gasteiger partial charge in [-0.1, -0.05) is 19.9 Å². The maximum atomic E-state index is 11.6. The Hall–Kier alpha value is -1.84. The fraction of sp³-hybridized carbons (Fsp3) is 0.333. The van der Waals surface area contributed by atoms with Crippen molar-refractivity contribution in [2.75, 3.05) is 7.05 Å². The van der Waals surface area contributed by atoms with E-state index in [4.69, 9.17) is 0 Å². The van der Waals surface area contributed by atoms with Crippen molar-refractivity contribution in [3.8, 4) is 5.75 Å². The Morgan fingerprint density at radius 3 is 2.38 bits per heavy atom. The van der Waals surface area contributed by atoms with Gasteiger partial charge in [0.25, 0.3) is 5.91 Å². The van der Waals surface area contributed by atoms with Gasteiger partial charge in [0.15, 0.2) is 5.78 Å². The van der Waals surface area contributed by atoms with E-state index in [0.29, 0.717) is 5.56 Å². The zero-order valence-electron chi connectivity index (χ0n) is 9.57. The molecule has 2 N–H and O–H groups in total. The molecular formula is C12H15NO3. The minimum absolute atomic E-state index is 0.0567. The van der Waals surface area contributed by atoms with Gasteiger partial charge in [-0.15, -0.1) is 0 Å². The molecule has 0 aliphatic rings. The molecule has 1 rings (SSSR count). The van der Waals surface area contributed by atoms with Crippen molar-refractivity contribution in [2.45, 2.75) is 13.8 Å². The summed E-state index contributed by atoms with van der Waals surface area (Å²) in [6.45, 7) is 3.57. The molecule has 0 unspecified atom stereocenters. The van der Waals surface area contributed by atoms with Crippen LogP contribution in [0.1, 0.15) is 34.6 Å². The number of phenolic OH excluding ortho intramolecular Hbond substituents is 1. The van der Waals surface area contributed by atoms with Crippen LogP contribution in [-0.2, 0) is 0 Å². The number of aromatic hydroxyl groups is 1. The zero-order valence-corrected chi connectivity index (χ0v) is 9.57. The van der Waals surface area contributed by atoms with Crippen molar-refractivity contribution in [1.29, 1.82) is 0 Å². The van der Waals surface area contributed by atoms with Crippen molar-refractivity contribution >= 4 is 11.7 Å². The number of phenols is 1. The molecule has 0 saturated heterocycles. The fourth-order valence-electron chi connectivity index (χ4n) is 1.34. The Morgan fingerprint density at radius 1 is 1.31 bits per heavy atom. The first-order valence-corrected chi connectivity index (χ1v) is 5.06. The molecular weight excluding hydrogens is 206 g/mol. The second-order valence-electron chi connectivity index (χ2n) is 3.83. The molecule has 0 aliphatic carbocycles. The van der Waals surface area contributed by atoms with Crippen LogP contribution in [0, 0.1) is 5.92 Å². The fourth-order valence-corrected chi connectivity index (χ4v) is 1.34. The highest BCUT2D eigenvalue weighted by atomic mass is 16.3. The third kappa shape index (κ3) is 2.39. The molecule has 16 heavy (non-hydrogen) atoms. The minimum Gasteiger partial charge on any atom is -0.507 e. The normalized spacial score (nSPS) is 10.2. The van der Waals surface area contributed by atoms with E-state index in [1.165, 1.54) is 19.2 Å². The van der Waals surface area contributed by atoms with Crippen LogP contribution >= 0.6 is 0 Å². The third-order valence-electron chi connectivity index (χ3n) is 2.28. The van der Waals surface area contributed by atoms with Crippen LogP contribution in [-0.4, -0.2) is 23.8 Å². The number of Topliss-reactive ketones (excluding diaryl/α,β-unsaturated/α-hetero) is 1. The molecule has 0 atom stereocenters. The van der Waals surface area contributed by atoms with Crippen molar-refractivity contribution < 1.29 is 14.7 Å². The van der Waals surface area contributed by atoms with E-state index in [9.17, 15) is 14.7 Å². The average molecular weight is 221 g/mol. The van der Waals surface area contributed by atoms with Gasteiger partial charge >= 0.3 is 0 Å². The van der Waals surface area contributed by atoms with E-state index in [0.717, 1.165) is 0 Å². The van der Waals surface area contributed by atoms with E-state index in [2.05, 4.69) is 5.32 Å². The molecule has 0 radical (unpaired) electrons. The summed E-state index contributed by atoms with van der Waals surface area (Å²) in [5.74, 6) is -0.740. The number of amides is 1. The van der Waals surface area contributed by atoms with Crippen LogP contribution in [0.5, 0.6) is 5.75 Å². The van der Waals surface area contributed by atoms with Crippen molar-refractivity contribution in [1.82, 2.24) is 5.32 Å². The van der Waals surface area contributed by atoms with Gasteiger partial charge in [0.1, 0.15) is 5.75 Å². The summed E-state index contributed by atoms with van der Waals surface area (Å²) in [5.41, 5.74) is 0.586. The van der Waals surface area contributed by atoms with Gasteiger partial charge in [0.05, 0.1) is 5.56 Å². The first-order chi connectivity index (χ1) is 7.47. The standard InChI is InChI=1S/C12H15NO3/c1-7(2)11(15)8-4-5-9(10(14)6-8)12(16)13-3/h4-7,14H,1-3H3,(H,13,16). The summed E-state index contributed by atoms with van der Waals surface area (Å²) in [6.07, 6.45) is 0. The number of carbonyl (C=O) groups excluding carboxylic acids is 2. The van der Waals surface area contributed by atoms with Crippen LogP contribution in [0.25, 0.3) is 0 Å². The molecule has 0 heterocycles. The summed E-state index contributed by atoms with van der Waals surface area (Å²) in [6, 6.07) is 4.32. The first kappa shape index (κ1) is 12.2. The van der Waals surface area contributed by atoms with Crippen molar-refractivity contribution in [3.63, 3.8) is 0 Å². The lowest BCUT2D eigenvalue weighted by Crippen LogP contribution is -2.18. The van der Waals surface area contributed by atoms with Crippen LogP contribution in [0.15, 0.2) is 18.2 Å². The Kier molecular flexibility index (Phi) is 3.66. The highest BCUT2D eigenvalue weighted by molar-refractivity contribution is 6.01. The first-order valence-electron chi connectivity index (χ1n) is 5.06. The summed E-state index contributed by atoms with van der Waals surface area (Å²) in [5, 5.41) is 12.0. The largest absolute Gasteiger partial charge is 0.507 e. The summed E-state index contributed by atoms with van der Waals surface area (Å²) >= 11 is 0. The summed E-state index contributed by atoms with van der Waals surface area (Å²) in [4.78, 5) is 22.9. The summed E-state index contributed by atoms with van der Waals surface area (Å²) < 4.78 is 0. The lowest BCUT2D eigenvalue weighted by atomic mass is 9.99. The number of ketones is 1. The Bertz CT molecular complexity index is 424. The monoisotopic (exact) mass is 221 g/mol. The average Bonchev–Trinajstić information content (AvgIpc) is 2.26. The predicted octanol–water partition coefficient (Wildman–Crippen LogP) is 1.59. The molecule has 0 saturated carbocycles. The number of rotatable bonds is 3. The minimum atomic E-state index is -0.374. The zero-order chi connectivity index (χ0) is 12.3. The molecule has 1 aromatic rings. The van der Waals surface area contributed by atoms with Crippen molar-refractivity contribution in [3.05, 3.63) is 29.3 Å². The summed E-state index contributed by atoms with van der Waals surface area (Å²) in [7, 11) is 1.48. The van der Waals surface area contributed by atoms with Crippen LogP contribution in [0.2, 0.25) is 0 Å². The number of hydrogen-bond acceptors (Lipinski definition) is 3. The molecule has 0 bridgehead atoms. The second kappa shape index (κ2) is 4.79.